The first-order valence-electron chi connectivity index (χ1n) is 8.22. The third-order valence-corrected chi connectivity index (χ3v) is 4.14. The van der Waals surface area contributed by atoms with Gasteiger partial charge in [0.05, 0.1) is 6.61 Å². The largest absolute Gasteiger partial charge is 0.380 e. The Morgan fingerprint density at radius 2 is 2.12 bits per heavy atom. The molecule has 0 aliphatic rings. The molecule has 2 amide bonds. The van der Waals surface area contributed by atoms with Crippen molar-refractivity contribution in [1.82, 2.24) is 15.1 Å². The summed E-state index contributed by atoms with van der Waals surface area (Å²) in [5.41, 5.74) is 2.18. The number of aryl methyl sites for hydroxylation is 1. The Balaban J connectivity index is 2.01. The van der Waals surface area contributed by atoms with Crippen molar-refractivity contribution in [2.45, 2.75) is 26.4 Å². The third-order valence-electron chi connectivity index (χ3n) is 4.14. The Labute approximate surface area is 147 Å². The molecule has 2 rings (SSSR count). The molecular formula is C18H25FN4O2. The minimum absolute atomic E-state index is 0.143. The number of methoxy groups -OCH3 is 1. The lowest BCUT2D eigenvalue weighted by molar-refractivity contribution is 0.185. The maximum atomic E-state index is 13.4. The normalized spacial score (nSPS) is 12.2. The van der Waals surface area contributed by atoms with Crippen LogP contribution in [0.15, 0.2) is 30.5 Å². The van der Waals surface area contributed by atoms with E-state index in [1.807, 2.05) is 17.8 Å². The first-order chi connectivity index (χ1) is 11.9. The number of ether oxygens (including phenoxy) is 1. The van der Waals surface area contributed by atoms with Crippen molar-refractivity contribution in [2.75, 3.05) is 19.0 Å². The molecule has 1 heterocycles. The molecule has 0 bridgehead atoms. The van der Waals surface area contributed by atoms with Gasteiger partial charge < -0.3 is 15.4 Å². The van der Waals surface area contributed by atoms with Gasteiger partial charge in [-0.3, -0.25) is 4.68 Å². The highest BCUT2D eigenvalue weighted by atomic mass is 19.1. The summed E-state index contributed by atoms with van der Waals surface area (Å²) in [5.74, 6) is 0.115. The molecule has 1 aromatic carbocycles. The van der Waals surface area contributed by atoms with Gasteiger partial charge in [0.15, 0.2) is 0 Å². The molecule has 6 nitrogen and oxygen atoms in total. The minimum Gasteiger partial charge on any atom is -0.380 e. The Kier molecular flexibility index (Phi) is 6.52. The number of benzene rings is 1. The van der Waals surface area contributed by atoms with Crippen LogP contribution >= 0.6 is 0 Å². The van der Waals surface area contributed by atoms with E-state index in [-0.39, 0.29) is 24.4 Å². The second-order valence-corrected chi connectivity index (χ2v) is 6.30. The summed E-state index contributed by atoms with van der Waals surface area (Å²) in [6.45, 7) is 4.91. The molecule has 2 N–H and O–H groups in total. The van der Waals surface area contributed by atoms with Crippen LogP contribution in [-0.2, 0) is 18.4 Å². The molecule has 0 aliphatic carbocycles. The van der Waals surface area contributed by atoms with Gasteiger partial charge in [0.2, 0.25) is 0 Å². The number of hydrogen-bond acceptors (Lipinski definition) is 3. The number of halogens is 1. The van der Waals surface area contributed by atoms with Crippen LogP contribution < -0.4 is 10.6 Å². The molecule has 25 heavy (non-hydrogen) atoms. The van der Waals surface area contributed by atoms with Crippen LogP contribution in [0.4, 0.5) is 14.9 Å². The summed E-state index contributed by atoms with van der Waals surface area (Å²) in [6, 6.07) is 5.81. The average Bonchev–Trinajstić information content (AvgIpc) is 2.96. The number of urea groups is 1. The van der Waals surface area contributed by atoms with E-state index < -0.39 is 0 Å². The lowest BCUT2D eigenvalue weighted by Gasteiger charge is -2.22. The summed E-state index contributed by atoms with van der Waals surface area (Å²) < 4.78 is 20.2. The second-order valence-electron chi connectivity index (χ2n) is 6.30. The number of nitrogens with one attached hydrogen (secondary N) is 2. The highest BCUT2D eigenvalue weighted by molar-refractivity contribution is 5.90. The molecule has 136 valence electrons. The fourth-order valence-corrected chi connectivity index (χ4v) is 2.76. The van der Waals surface area contributed by atoms with Crippen LogP contribution in [0.3, 0.4) is 0 Å². The maximum Gasteiger partial charge on any atom is 0.319 e. The molecule has 0 saturated heterocycles. The van der Waals surface area contributed by atoms with Crippen molar-refractivity contribution in [3.63, 3.8) is 0 Å². The van der Waals surface area contributed by atoms with E-state index in [0.717, 1.165) is 5.69 Å². The molecule has 2 aromatic rings. The van der Waals surface area contributed by atoms with Crippen LogP contribution in [0.5, 0.6) is 0 Å². The highest BCUT2D eigenvalue weighted by Crippen LogP contribution is 2.23. The summed E-state index contributed by atoms with van der Waals surface area (Å²) in [5, 5.41) is 9.84. The summed E-state index contributed by atoms with van der Waals surface area (Å²) >= 11 is 0. The average molecular weight is 348 g/mol. The van der Waals surface area contributed by atoms with E-state index in [0.29, 0.717) is 23.7 Å². The van der Waals surface area contributed by atoms with Crippen LogP contribution in [0, 0.1) is 11.7 Å². The predicted molar refractivity (Wildman–Crippen MR) is 94.9 cm³/mol. The number of rotatable bonds is 7. The molecule has 1 aromatic heterocycles. The van der Waals surface area contributed by atoms with Gasteiger partial charge in [-0.1, -0.05) is 13.8 Å². The Morgan fingerprint density at radius 1 is 1.36 bits per heavy atom. The zero-order valence-corrected chi connectivity index (χ0v) is 15.0. The van der Waals surface area contributed by atoms with Gasteiger partial charge in [-0.15, -0.1) is 0 Å². The third kappa shape index (κ3) is 5.03. The van der Waals surface area contributed by atoms with Crippen LogP contribution in [0.25, 0.3) is 0 Å². The van der Waals surface area contributed by atoms with Crippen LogP contribution in [-0.4, -0.2) is 29.5 Å². The van der Waals surface area contributed by atoms with Gasteiger partial charge in [0.25, 0.3) is 0 Å². The molecule has 0 spiro atoms. The van der Waals surface area contributed by atoms with E-state index in [1.54, 1.807) is 6.20 Å². The summed E-state index contributed by atoms with van der Waals surface area (Å²) in [4.78, 5) is 12.3. The first kappa shape index (κ1) is 18.9. The van der Waals surface area contributed by atoms with Crippen LogP contribution in [0.2, 0.25) is 0 Å². The molecule has 0 radical (unpaired) electrons. The van der Waals surface area contributed by atoms with Crippen molar-refractivity contribution in [1.29, 1.82) is 0 Å². The zero-order valence-electron chi connectivity index (χ0n) is 15.0. The quantitative estimate of drug-likeness (QED) is 0.807. The zero-order chi connectivity index (χ0) is 18.4. The van der Waals surface area contributed by atoms with E-state index >= 15 is 0 Å². The summed E-state index contributed by atoms with van der Waals surface area (Å²) in [6.07, 6.45) is 1.75. The van der Waals surface area contributed by atoms with Gasteiger partial charge in [-0.25, -0.2) is 9.18 Å². The lowest BCUT2D eigenvalue weighted by atomic mass is 9.92. The first-order valence-corrected chi connectivity index (χ1v) is 8.22. The summed E-state index contributed by atoms with van der Waals surface area (Å²) in [7, 11) is 3.41. The van der Waals surface area contributed by atoms with Crippen molar-refractivity contribution in [2.24, 2.45) is 13.0 Å². The van der Waals surface area contributed by atoms with Gasteiger partial charge >= 0.3 is 6.03 Å². The fraction of sp³-hybridized carbons (Fsp3) is 0.444. The SMILES string of the molecule is COCc1cc(F)ccc1NC(=O)NC[C@H](c1ccnn1C)C(C)C. The standard InChI is InChI=1S/C18H25FN4O2/c1-12(2)15(17-7-8-21-23(17)3)10-20-18(24)22-16-6-5-14(19)9-13(16)11-25-4/h5-9,12,15H,10-11H2,1-4H3,(H2,20,22,24)/t15-/m0/s1. The van der Waals surface area contributed by atoms with Gasteiger partial charge in [-0.2, -0.15) is 5.10 Å². The van der Waals surface area contributed by atoms with E-state index in [2.05, 4.69) is 29.6 Å². The molecule has 0 aliphatic heterocycles. The molecular weight excluding hydrogens is 323 g/mol. The topological polar surface area (TPSA) is 68.2 Å². The number of aromatic nitrogens is 2. The Hall–Kier alpha value is -2.41. The molecule has 7 heteroatoms. The van der Waals surface area contributed by atoms with Crippen molar-refractivity contribution >= 4 is 11.7 Å². The van der Waals surface area contributed by atoms with Gasteiger partial charge in [-0.05, 0) is 30.2 Å². The number of anilines is 1. The van der Waals surface area contributed by atoms with Crippen molar-refractivity contribution in [3.8, 4) is 0 Å². The smallest absolute Gasteiger partial charge is 0.319 e. The molecule has 0 fully saturated rings. The maximum absolute atomic E-state index is 13.4. The van der Waals surface area contributed by atoms with Gasteiger partial charge in [0.1, 0.15) is 5.82 Å². The van der Waals surface area contributed by atoms with Gasteiger partial charge in [0, 0.05) is 49.8 Å². The number of hydrogen-bond donors (Lipinski definition) is 2. The highest BCUT2D eigenvalue weighted by Gasteiger charge is 2.20. The number of carbonyl (C=O) groups excluding carboxylic acids is 1. The minimum atomic E-state index is -0.367. The molecule has 0 unspecified atom stereocenters. The number of carbonyl (C=O) groups is 1. The lowest BCUT2D eigenvalue weighted by Crippen LogP contribution is -2.34. The Bertz CT molecular complexity index is 715. The number of amides is 2. The van der Waals surface area contributed by atoms with Crippen LogP contribution in [0.1, 0.15) is 31.0 Å². The monoisotopic (exact) mass is 348 g/mol. The second kappa shape index (κ2) is 8.62. The fourth-order valence-electron chi connectivity index (χ4n) is 2.76. The van der Waals surface area contributed by atoms with E-state index in [1.165, 1.54) is 25.3 Å². The number of nitrogens with zero attached hydrogens (tertiary/aromatic N) is 2. The van der Waals surface area contributed by atoms with E-state index in [4.69, 9.17) is 4.74 Å². The van der Waals surface area contributed by atoms with E-state index in [9.17, 15) is 9.18 Å². The Morgan fingerprint density at radius 3 is 2.72 bits per heavy atom. The van der Waals surface area contributed by atoms with Crippen molar-refractivity contribution < 1.29 is 13.9 Å². The molecule has 0 saturated carbocycles. The predicted octanol–water partition coefficient (Wildman–Crippen LogP) is 3.27. The van der Waals surface area contributed by atoms with Crippen molar-refractivity contribution in [3.05, 3.63) is 47.5 Å². The molecule has 1 atom stereocenters.